The van der Waals surface area contributed by atoms with Gasteiger partial charge in [-0.15, -0.1) is 0 Å². The number of fused-ring (bicyclic) bond motifs is 6. The van der Waals surface area contributed by atoms with Crippen LogP contribution in [0.4, 0.5) is 5.69 Å². The first kappa shape index (κ1) is 27.4. The minimum atomic E-state index is 0.618. The molecule has 0 fully saturated rings. The van der Waals surface area contributed by atoms with Crippen molar-refractivity contribution in [2.24, 2.45) is 0 Å². The van der Waals surface area contributed by atoms with Crippen molar-refractivity contribution >= 4 is 49.3 Å². The minimum Gasteiger partial charge on any atom is -0.309 e. The predicted molar refractivity (Wildman–Crippen MR) is 197 cm³/mol. The quantitative estimate of drug-likeness (QED) is 0.183. The number of hydrogen-bond acceptors (Lipinski definition) is 1. The number of nitrogens with zero attached hydrogens (tertiary/aromatic N) is 4. The van der Waals surface area contributed by atoms with Gasteiger partial charge in [0.1, 0.15) is 0 Å². The average molecular weight is 611 g/mol. The zero-order valence-electron chi connectivity index (χ0n) is 25.8. The first-order valence-electron chi connectivity index (χ1n) is 15.9. The standard InChI is InChI=1S/C44H26N4/c1-46-31-23-26-43-38(27-31)36-15-5-9-20-42(36)48(43)41-19-8-4-14-35(41)37-16-10-11-30(28-45)44(37)29-21-24-32(25-22-29)47-39-17-6-2-12-33(39)34-13-3-7-18-40(34)47/h2-27H. The molecule has 4 nitrogen and oxygen atoms in total. The Morgan fingerprint density at radius 2 is 1.06 bits per heavy atom. The summed E-state index contributed by atoms with van der Waals surface area (Å²) >= 11 is 0. The molecule has 0 aliphatic heterocycles. The van der Waals surface area contributed by atoms with Gasteiger partial charge in [-0.05, 0) is 71.1 Å². The van der Waals surface area contributed by atoms with E-state index in [2.05, 4.69) is 141 Å². The Labute approximate surface area is 277 Å². The number of nitriles is 1. The van der Waals surface area contributed by atoms with Gasteiger partial charge in [0.15, 0.2) is 5.69 Å². The van der Waals surface area contributed by atoms with E-state index in [1.165, 1.54) is 10.8 Å². The van der Waals surface area contributed by atoms with Crippen molar-refractivity contribution in [2.75, 3.05) is 0 Å². The molecule has 0 aliphatic rings. The van der Waals surface area contributed by atoms with Gasteiger partial charge in [-0.25, -0.2) is 4.85 Å². The Bertz CT molecular complexity index is 2750. The number of benzene rings is 7. The van der Waals surface area contributed by atoms with Crippen molar-refractivity contribution in [1.29, 1.82) is 5.26 Å². The average Bonchev–Trinajstić information content (AvgIpc) is 3.67. The van der Waals surface area contributed by atoms with E-state index < -0.39 is 0 Å². The normalized spacial score (nSPS) is 11.3. The van der Waals surface area contributed by atoms with Crippen LogP contribution in [0.5, 0.6) is 0 Å². The Hall–Kier alpha value is -6.88. The number of rotatable bonds is 4. The van der Waals surface area contributed by atoms with Crippen molar-refractivity contribution < 1.29 is 0 Å². The van der Waals surface area contributed by atoms with Gasteiger partial charge in [0, 0.05) is 33.0 Å². The van der Waals surface area contributed by atoms with Crippen molar-refractivity contribution in [2.45, 2.75) is 0 Å². The van der Waals surface area contributed by atoms with E-state index in [-0.39, 0.29) is 0 Å². The van der Waals surface area contributed by atoms with Crippen LogP contribution in [0.25, 0.3) is 82.1 Å². The molecule has 2 heterocycles. The first-order chi connectivity index (χ1) is 23.7. The summed E-state index contributed by atoms with van der Waals surface area (Å²) in [5.74, 6) is 0. The van der Waals surface area contributed by atoms with E-state index >= 15 is 0 Å². The van der Waals surface area contributed by atoms with Gasteiger partial charge in [-0.3, -0.25) is 0 Å². The van der Waals surface area contributed by atoms with Crippen LogP contribution in [0.3, 0.4) is 0 Å². The van der Waals surface area contributed by atoms with Crippen LogP contribution in [-0.2, 0) is 0 Å². The highest BCUT2D eigenvalue weighted by Crippen LogP contribution is 2.42. The molecule has 0 saturated heterocycles. The number of aromatic nitrogens is 2. The molecule has 0 amide bonds. The highest BCUT2D eigenvalue weighted by atomic mass is 15.0. The van der Waals surface area contributed by atoms with E-state index in [0.29, 0.717) is 11.3 Å². The maximum Gasteiger partial charge on any atom is 0.188 e. The van der Waals surface area contributed by atoms with Crippen LogP contribution in [-0.4, -0.2) is 9.13 Å². The van der Waals surface area contributed by atoms with E-state index in [9.17, 15) is 5.26 Å². The fourth-order valence-electron chi connectivity index (χ4n) is 7.35. The first-order valence-corrected chi connectivity index (χ1v) is 15.9. The molecule has 4 heteroatoms. The third-order valence-corrected chi connectivity index (χ3v) is 9.40. The lowest BCUT2D eigenvalue weighted by Crippen LogP contribution is -1.99. The Balaban J connectivity index is 1.25. The highest BCUT2D eigenvalue weighted by Gasteiger charge is 2.20. The molecule has 0 spiro atoms. The molecule has 0 aliphatic carbocycles. The second-order valence-corrected chi connectivity index (χ2v) is 11.9. The van der Waals surface area contributed by atoms with Gasteiger partial charge in [0.2, 0.25) is 0 Å². The molecular weight excluding hydrogens is 585 g/mol. The van der Waals surface area contributed by atoms with E-state index in [1.807, 2.05) is 36.4 Å². The summed E-state index contributed by atoms with van der Waals surface area (Å²) in [5, 5.41) is 15.0. The maximum atomic E-state index is 10.4. The molecule has 9 rings (SSSR count). The van der Waals surface area contributed by atoms with Crippen molar-refractivity contribution in [3.8, 4) is 39.7 Å². The molecule has 48 heavy (non-hydrogen) atoms. The van der Waals surface area contributed by atoms with Crippen molar-refractivity contribution in [3.05, 3.63) is 175 Å². The third kappa shape index (κ3) is 4.07. The van der Waals surface area contributed by atoms with Crippen LogP contribution in [0.15, 0.2) is 158 Å². The van der Waals surface area contributed by atoms with E-state index in [0.717, 1.165) is 66.5 Å². The highest BCUT2D eigenvalue weighted by molar-refractivity contribution is 6.11. The number of para-hydroxylation sites is 4. The second-order valence-electron chi connectivity index (χ2n) is 11.9. The van der Waals surface area contributed by atoms with Gasteiger partial charge in [0.05, 0.1) is 46.0 Å². The van der Waals surface area contributed by atoms with Crippen LogP contribution in [0.1, 0.15) is 5.56 Å². The van der Waals surface area contributed by atoms with Gasteiger partial charge in [0.25, 0.3) is 0 Å². The number of hydrogen-bond donors (Lipinski definition) is 0. The molecule has 0 radical (unpaired) electrons. The summed E-state index contributed by atoms with van der Waals surface area (Å²) in [5.41, 5.74) is 11.6. The van der Waals surface area contributed by atoms with E-state index in [4.69, 9.17) is 6.57 Å². The molecular formula is C44H26N4. The Morgan fingerprint density at radius 1 is 0.500 bits per heavy atom. The summed E-state index contributed by atoms with van der Waals surface area (Å²) in [6.45, 7) is 7.60. The lowest BCUT2D eigenvalue weighted by atomic mass is 9.90. The van der Waals surface area contributed by atoms with Crippen LogP contribution in [0, 0.1) is 17.9 Å². The van der Waals surface area contributed by atoms with Gasteiger partial charge >= 0.3 is 0 Å². The molecule has 0 atom stereocenters. The molecule has 7 aromatic carbocycles. The summed E-state index contributed by atoms with van der Waals surface area (Å²) in [6, 6.07) is 56.7. The van der Waals surface area contributed by atoms with Gasteiger partial charge < -0.3 is 9.13 Å². The van der Waals surface area contributed by atoms with Crippen molar-refractivity contribution in [3.63, 3.8) is 0 Å². The summed E-state index contributed by atoms with van der Waals surface area (Å²) < 4.78 is 4.59. The molecule has 222 valence electrons. The summed E-state index contributed by atoms with van der Waals surface area (Å²) in [7, 11) is 0. The monoisotopic (exact) mass is 610 g/mol. The fourth-order valence-corrected chi connectivity index (χ4v) is 7.35. The lowest BCUT2D eigenvalue weighted by molar-refractivity contribution is 1.18. The topological polar surface area (TPSA) is 38.0 Å². The Morgan fingerprint density at radius 3 is 1.73 bits per heavy atom. The molecule has 0 N–H and O–H groups in total. The van der Waals surface area contributed by atoms with Gasteiger partial charge in [-0.1, -0.05) is 103 Å². The van der Waals surface area contributed by atoms with Crippen molar-refractivity contribution in [1.82, 2.24) is 9.13 Å². The molecule has 0 bridgehead atoms. The molecule has 0 unspecified atom stereocenters. The fraction of sp³-hybridized carbons (Fsp3) is 0. The zero-order chi connectivity index (χ0) is 32.2. The second kappa shape index (κ2) is 10.9. The zero-order valence-corrected chi connectivity index (χ0v) is 25.8. The van der Waals surface area contributed by atoms with E-state index in [1.54, 1.807) is 0 Å². The third-order valence-electron chi connectivity index (χ3n) is 9.40. The maximum absolute atomic E-state index is 10.4. The smallest absolute Gasteiger partial charge is 0.188 e. The molecule has 9 aromatic rings. The van der Waals surface area contributed by atoms with Crippen LogP contribution in [0.2, 0.25) is 0 Å². The summed E-state index contributed by atoms with van der Waals surface area (Å²) in [6.07, 6.45) is 0. The molecule has 0 saturated carbocycles. The lowest BCUT2D eigenvalue weighted by Gasteiger charge is -2.18. The SMILES string of the molecule is [C-]#[N+]c1ccc2c(c1)c1ccccc1n2-c1ccccc1-c1cccc(C#N)c1-c1ccc(-n2c3ccccc3c3ccccc32)cc1. The van der Waals surface area contributed by atoms with Gasteiger partial charge in [-0.2, -0.15) is 5.26 Å². The largest absolute Gasteiger partial charge is 0.309 e. The van der Waals surface area contributed by atoms with Crippen LogP contribution >= 0.6 is 0 Å². The van der Waals surface area contributed by atoms with Crippen LogP contribution < -0.4 is 0 Å². The molecule has 2 aromatic heterocycles. The Kier molecular flexibility index (Phi) is 6.22. The predicted octanol–water partition coefficient (Wildman–Crippen LogP) is 11.6. The minimum absolute atomic E-state index is 0.618. The summed E-state index contributed by atoms with van der Waals surface area (Å²) in [4.78, 5) is 3.70.